The molecule has 4 aromatic carbocycles. The molecule has 10 heteroatoms. The third-order valence-electron chi connectivity index (χ3n) is 8.24. The summed E-state index contributed by atoms with van der Waals surface area (Å²) in [5.74, 6) is 1.01. The van der Waals surface area contributed by atoms with E-state index in [4.69, 9.17) is 9.47 Å². The van der Waals surface area contributed by atoms with Crippen molar-refractivity contribution < 1.29 is 27.5 Å². The van der Waals surface area contributed by atoms with Crippen molar-refractivity contribution in [2.75, 3.05) is 24.2 Å². The molecule has 2 amide bonds. The van der Waals surface area contributed by atoms with E-state index in [-0.39, 0.29) is 24.9 Å². The van der Waals surface area contributed by atoms with Crippen molar-refractivity contribution in [2.45, 2.75) is 50.7 Å². The second kappa shape index (κ2) is 15.6. The summed E-state index contributed by atoms with van der Waals surface area (Å²) in [6, 6.07) is 31.8. The first kappa shape index (κ1) is 33.5. The van der Waals surface area contributed by atoms with E-state index in [2.05, 4.69) is 5.32 Å². The summed E-state index contributed by atoms with van der Waals surface area (Å²) in [4.78, 5) is 29.9. The highest BCUT2D eigenvalue weighted by Gasteiger charge is 2.34. The number of carbonyl (C=O) groups is 2. The monoisotopic (exact) mass is 655 g/mol. The highest BCUT2D eigenvalue weighted by atomic mass is 32.2. The quantitative estimate of drug-likeness (QED) is 0.180. The summed E-state index contributed by atoms with van der Waals surface area (Å²) < 4.78 is 38.7. The number of hydrogen-bond donors (Lipinski definition) is 1. The van der Waals surface area contributed by atoms with Crippen LogP contribution in [0.25, 0.3) is 0 Å². The number of rotatable bonds is 14. The van der Waals surface area contributed by atoms with Gasteiger partial charge in [0.1, 0.15) is 29.8 Å². The fourth-order valence-corrected chi connectivity index (χ4v) is 6.66. The molecule has 0 aromatic heterocycles. The van der Waals surface area contributed by atoms with Gasteiger partial charge in [0, 0.05) is 19.0 Å². The number of amides is 2. The third-order valence-corrected chi connectivity index (χ3v) is 9.38. The topological polar surface area (TPSA) is 105 Å². The average molecular weight is 656 g/mol. The molecule has 0 saturated heterocycles. The number of hydrogen-bond acceptors (Lipinski definition) is 6. The Morgan fingerprint density at radius 2 is 1.40 bits per heavy atom. The number of sulfonamides is 1. The van der Waals surface area contributed by atoms with Crippen LogP contribution < -0.4 is 19.1 Å². The van der Waals surface area contributed by atoms with Gasteiger partial charge in [0.25, 0.3) is 0 Å². The van der Waals surface area contributed by atoms with Gasteiger partial charge >= 0.3 is 0 Å². The number of methoxy groups -OCH3 is 1. The molecule has 0 bridgehead atoms. The molecule has 1 aliphatic carbocycles. The molecule has 1 saturated carbocycles. The second-order valence-corrected chi connectivity index (χ2v) is 13.7. The lowest BCUT2D eigenvalue weighted by Gasteiger charge is -2.34. The molecular weight excluding hydrogens is 614 g/mol. The Balaban J connectivity index is 1.47. The van der Waals surface area contributed by atoms with Crippen molar-refractivity contribution in [3.8, 4) is 17.2 Å². The molecule has 1 fully saturated rings. The molecule has 9 nitrogen and oxygen atoms in total. The summed E-state index contributed by atoms with van der Waals surface area (Å²) in [6.07, 6.45) is 5.19. The summed E-state index contributed by atoms with van der Waals surface area (Å²) in [6.45, 7) is -0.420. The van der Waals surface area contributed by atoms with Crippen LogP contribution >= 0.6 is 0 Å². The van der Waals surface area contributed by atoms with Crippen molar-refractivity contribution in [2.24, 2.45) is 0 Å². The van der Waals surface area contributed by atoms with E-state index in [0.29, 0.717) is 22.9 Å². The number of ether oxygens (including phenoxy) is 2. The standard InChI is InChI=1S/C37H41N3O6S/c1-45-34-19-11-14-29(24-34)26-39(35(25-28-12-5-3-6-13-28)37(42)38-30-15-9-10-16-30)36(41)27-40(47(2,43)44)31-20-22-33(23-21-31)46-32-17-7-4-8-18-32/h3-8,11-14,17-24,30,35H,9-10,15-16,25-27H2,1-2H3,(H,38,42)/t35-/m0/s1. The number of benzene rings is 4. The lowest BCUT2D eigenvalue weighted by molar-refractivity contribution is -0.140. The number of anilines is 1. The second-order valence-electron chi connectivity index (χ2n) is 11.7. The van der Waals surface area contributed by atoms with E-state index in [1.165, 1.54) is 4.90 Å². The van der Waals surface area contributed by atoms with Gasteiger partial charge in [-0.25, -0.2) is 8.42 Å². The summed E-state index contributed by atoms with van der Waals surface area (Å²) in [5.41, 5.74) is 1.94. The minimum atomic E-state index is -3.90. The molecule has 0 unspecified atom stereocenters. The zero-order valence-corrected chi connectivity index (χ0v) is 27.6. The zero-order chi connectivity index (χ0) is 33.2. The largest absolute Gasteiger partial charge is 0.497 e. The highest BCUT2D eigenvalue weighted by Crippen LogP contribution is 2.27. The maximum atomic E-state index is 14.4. The van der Waals surface area contributed by atoms with Crippen LogP contribution in [0, 0.1) is 0 Å². The van der Waals surface area contributed by atoms with Crippen molar-refractivity contribution in [1.82, 2.24) is 10.2 Å². The molecule has 47 heavy (non-hydrogen) atoms. The number of para-hydroxylation sites is 1. The van der Waals surface area contributed by atoms with E-state index in [9.17, 15) is 18.0 Å². The van der Waals surface area contributed by atoms with Gasteiger partial charge in [-0.05, 0) is 72.5 Å². The maximum Gasteiger partial charge on any atom is 0.244 e. The molecule has 246 valence electrons. The molecule has 1 aliphatic rings. The van der Waals surface area contributed by atoms with Gasteiger partial charge < -0.3 is 19.7 Å². The maximum absolute atomic E-state index is 14.4. The van der Waals surface area contributed by atoms with Gasteiger partial charge in [0.15, 0.2) is 0 Å². The van der Waals surface area contributed by atoms with Crippen LogP contribution in [0.5, 0.6) is 17.2 Å². The van der Waals surface area contributed by atoms with E-state index in [0.717, 1.165) is 47.4 Å². The molecule has 0 aliphatic heterocycles. The van der Waals surface area contributed by atoms with Gasteiger partial charge in [-0.1, -0.05) is 73.5 Å². The van der Waals surface area contributed by atoms with Gasteiger partial charge in [0.05, 0.1) is 19.1 Å². The van der Waals surface area contributed by atoms with Gasteiger partial charge in [-0.15, -0.1) is 0 Å². The Labute approximate surface area is 277 Å². The van der Waals surface area contributed by atoms with E-state index in [1.54, 1.807) is 37.4 Å². The Hall–Kier alpha value is -4.83. The molecule has 0 radical (unpaired) electrons. The normalized spacial score (nSPS) is 13.8. The van der Waals surface area contributed by atoms with Crippen LogP contribution in [-0.4, -0.2) is 57.1 Å². The van der Waals surface area contributed by atoms with Crippen LogP contribution in [-0.2, 0) is 32.6 Å². The fourth-order valence-electron chi connectivity index (χ4n) is 5.81. The number of carbonyl (C=O) groups excluding carboxylic acids is 2. The van der Waals surface area contributed by atoms with E-state index < -0.39 is 28.5 Å². The Morgan fingerprint density at radius 1 is 0.809 bits per heavy atom. The smallest absolute Gasteiger partial charge is 0.244 e. The molecule has 4 aromatic rings. The molecule has 1 N–H and O–H groups in total. The first-order chi connectivity index (χ1) is 22.7. The molecule has 5 rings (SSSR count). The summed E-state index contributed by atoms with van der Waals surface area (Å²) in [7, 11) is -2.34. The predicted molar refractivity (Wildman–Crippen MR) is 183 cm³/mol. The Kier molecular flexibility index (Phi) is 11.2. The lowest BCUT2D eigenvalue weighted by Crippen LogP contribution is -2.54. The van der Waals surface area contributed by atoms with Crippen LogP contribution in [0.4, 0.5) is 5.69 Å². The molecule has 0 spiro atoms. The van der Waals surface area contributed by atoms with Gasteiger partial charge in [-0.2, -0.15) is 0 Å². The van der Waals surface area contributed by atoms with Gasteiger partial charge in [0.2, 0.25) is 21.8 Å². The summed E-state index contributed by atoms with van der Waals surface area (Å²) >= 11 is 0. The number of nitrogens with zero attached hydrogens (tertiary/aromatic N) is 2. The Morgan fingerprint density at radius 3 is 2.04 bits per heavy atom. The minimum absolute atomic E-state index is 0.0404. The van der Waals surface area contributed by atoms with Crippen LogP contribution in [0.2, 0.25) is 0 Å². The van der Waals surface area contributed by atoms with Crippen molar-refractivity contribution >= 4 is 27.5 Å². The Bertz CT molecular complexity index is 1730. The third kappa shape index (κ3) is 9.36. The summed E-state index contributed by atoms with van der Waals surface area (Å²) in [5, 5.41) is 3.18. The zero-order valence-electron chi connectivity index (χ0n) is 26.7. The fraction of sp³-hybridized carbons (Fsp3) is 0.297. The lowest BCUT2D eigenvalue weighted by atomic mass is 10.0. The van der Waals surface area contributed by atoms with Gasteiger partial charge in [-0.3, -0.25) is 13.9 Å². The van der Waals surface area contributed by atoms with E-state index in [1.807, 2.05) is 78.9 Å². The average Bonchev–Trinajstić information content (AvgIpc) is 3.59. The minimum Gasteiger partial charge on any atom is -0.497 e. The highest BCUT2D eigenvalue weighted by molar-refractivity contribution is 7.92. The first-order valence-electron chi connectivity index (χ1n) is 15.8. The van der Waals surface area contributed by atoms with Crippen molar-refractivity contribution in [3.63, 3.8) is 0 Å². The van der Waals surface area contributed by atoms with Crippen molar-refractivity contribution in [3.05, 3.63) is 120 Å². The van der Waals surface area contributed by atoms with Crippen molar-refractivity contribution in [1.29, 1.82) is 0 Å². The molecule has 1 atom stereocenters. The first-order valence-corrected chi connectivity index (χ1v) is 17.6. The SMILES string of the molecule is COc1cccc(CN(C(=O)CN(c2ccc(Oc3ccccc3)cc2)S(C)(=O)=O)[C@@H](Cc2ccccc2)C(=O)NC2CCCC2)c1. The molecular formula is C37H41N3O6S. The number of nitrogens with one attached hydrogen (secondary N) is 1. The van der Waals surface area contributed by atoms with Crippen LogP contribution in [0.3, 0.4) is 0 Å². The van der Waals surface area contributed by atoms with Crippen LogP contribution in [0.1, 0.15) is 36.8 Å². The molecule has 0 heterocycles. The van der Waals surface area contributed by atoms with E-state index >= 15 is 0 Å². The predicted octanol–water partition coefficient (Wildman–Crippen LogP) is 5.95. The van der Waals surface area contributed by atoms with Crippen LogP contribution in [0.15, 0.2) is 109 Å².